The number of aromatic amines is 1. The zero-order chi connectivity index (χ0) is 24.4. The molecular weight excluding hydrogens is 460 g/mol. The minimum absolute atomic E-state index is 0.0700. The number of nitrogens with one attached hydrogen (secondary N) is 1. The number of aryl methyl sites for hydroxylation is 2. The van der Waals surface area contributed by atoms with Gasteiger partial charge in [-0.25, -0.2) is 9.97 Å². The third-order valence-corrected chi connectivity index (χ3v) is 7.13. The molecule has 2 aromatic heterocycles. The molecule has 1 N–H and O–H groups in total. The number of thioether (sulfide) groups is 1. The van der Waals surface area contributed by atoms with Gasteiger partial charge in [0.15, 0.2) is 5.16 Å². The predicted octanol–water partition coefficient (Wildman–Crippen LogP) is 4.90. The van der Waals surface area contributed by atoms with Gasteiger partial charge in [-0.15, -0.1) is 0 Å². The van der Waals surface area contributed by atoms with E-state index in [9.17, 15) is 4.79 Å². The Bertz CT molecular complexity index is 1390. The smallest absolute Gasteiger partial charge is 0.256 e. The number of para-hydroxylation sites is 1. The van der Waals surface area contributed by atoms with Crippen LogP contribution in [0, 0.1) is 13.8 Å². The van der Waals surface area contributed by atoms with E-state index in [1.54, 1.807) is 7.11 Å². The van der Waals surface area contributed by atoms with Crippen LogP contribution in [0.1, 0.15) is 33.8 Å². The summed E-state index contributed by atoms with van der Waals surface area (Å²) in [6.07, 6.45) is 0.739. The molecule has 0 saturated carbocycles. The molecule has 5 rings (SSSR count). The average Bonchev–Trinajstić information content (AvgIpc) is 3.24. The standard InChI is InChI=1S/C27H28N4O3S/c1-17-8-10-19(11-9-17)26-28-23(18(2)34-26)16-35-27-29-22-12-13-31(15-21(22)25(32)30-27)14-20-6-4-5-7-24(20)33-3/h4-11H,12-16H2,1-3H3,(H,29,30,32). The number of methoxy groups -OCH3 is 1. The van der Waals surface area contributed by atoms with Crippen LogP contribution in [0.25, 0.3) is 11.5 Å². The average molecular weight is 489 g/mol. The van der Waals surface area contributed by atoms with Crippen molar-refractivity contribution in [3.8, 4) is 17.2 Å². The zero-order valence-corrected chi connectivity index (χ0v) is 20.9. The summed E-state index contributed by atoms with van der Waals surface area (Å²) in [5.41, 5.74) is 5.67. The van der Waals surface area contributed by atoms with Crippen molar-refractivity contribution in [1.82, 2.24) is 19.9 Å². The molecule has 0 saturated heterocycles. The third-order valence-electron chi connectivity index (χ3n) is 6.25. The summed E-state index contributed by atoms with van der Waals surface area (Å²) < 4.78 is 11.4. The zero-order valence-electron chi connectivity index (χ0n) is 20.1. The van der Waals surface area contributed by atoms with Crippen LogP contribution < -0.4 is 10.3 Å². The fourth-order valence-electron chi connectivity index (χ4n) is 4.25. The Kier molecular flexibility index (Phi) is 6.74. The molecule has 180 valence electrons. The number of ether oxygens (including phenoxy) is 1. The highest BCUT2D eigenvalue weighted by Gasteiger charge is 2.22. The molecule has 0 spiro atoms. The van der Waals surface area contributed by atoms with E-state index >= 15 is 0 Å². The van der Waals surface area contributed by atoms with E-state index in [2.05, 4.69) is 27.9 Å². The Balaban J connectivity index is 1.27. The summed E-state index contributed by atoms with van der Waals surface area (Å²) in [6, 6.07) is 16.1. The van der Waals surface area contributed by atoms with Gasteiger partial charge in [0.25, 0.3) is 5.56 Å². The quantitative estimate of drug-likeness (QED) is 0.293. The number of H-pyrrole nitrogens is 1. The van der Waals surface area contributed by atoms with Crippen LogP contribution in [-0.2, 0) is 25.3 Å². The number of oxazole rings is 1. The second kappa shape index (κ2) is 10.1. The van der Waals surface area contributed by atoms with Gasteiger partial charge < -0.3 is 14.1 Å². The highest BCUT2D eigenvalue weighted by Crippen LogP contribution is 2.27. The first kappa shape index (κ1) is 23.4. The molecule has 0 radical (unpaired) electrons. The molecule has 1 aliphatic rings. The van der Waals surface area contributed by atoms with E-state index in [0.29, 0.717) is 23.3 Å². The molecule has 0 amide bonds. The molecular formula is C27H28N4O3S. The van der Waals surface area contributed by atoms with Crippen molar-refractivity contribution in [1.29, 1.82) is 0 Å². The largest absolute Gasteiger partial charge is 0.496 e. The van der Waals surface area contributed by atoms with Crippen LogP contribution in [0.5, 0.6) is 5.75 Å². The summed E-state index contributed by atoms with van der Waals surface area (Å²) >= 11 is 1.47. The van der Waals surface area contributed by atoms with Gasteiger partial charge in [0.1, 0.15) is 11.5 Å². The van der Waals surface area contributed by atoms with Crippen LogP contribution in [0.4, 0.5) is 0 Å². The molecule has 0 fully saturated rings. The summed E-state index contributed by atoms with van der Waals surface area (Å²) in [5, 5.41) is 0.617. The lowest BCUT2D eigenvalue weighted by atomic mass is 10.1. The molecule has 1 aliphatic heterocycles. The van der Waals surface area contributed by atoms with Crippen LogP contribution in [-0.4, -0.2) is 33.5 Å². The lowest BCUT2D eigenvalue weighted by Gasteiger charge is -2.28. The van der Waals surface area contributed by atoms with E-state index in [0.717, 1.165) is 59.1 Å². The van der Waals surface area contributed by atoms with E-state index in [1.165, 1.54) is 17.3 Å². The van der Waals surface area contributed by atoms with E-state index in [-0.39, 0.29) is 5.56 Å². The number of hydrogen-bond donors (Lipinski definition) is 1. The van der Waals surface area contributed by atoms with Gasteiger partial charge in [0.2, 0.25) is 5.89 Å². The summed E-state index contributed by atoms with van der Waals surface area (Å²) in [6.45, 7) is 6.11. The van der Waals surface area contributed by atoms with E-state index < -0.39 is 0 Å². The van der Waals surface area contributed by atoms with Crippen molar-refractivity contribution in [3.05, 3.63) is 92.7 Å². The van der Waals surface area contributed by atoms with Gasteiger partial charge in [-0.05, 0) is 32.0 Å². The molecule has 8 heteroatoms. The fourth-order valence-corrected chi connectivity index (χ4v) is 5.14. The van der Waals surface area contributed by atoms with Gasteiger partial charge in [0.05, 0.1) is 24.1 Å². The van der Waals surface area contributed by atoms with Crippen LogP contribution in [0.15, 0.2) is 62.9 Å². The summed E-state index contributed by atoms with van der Waals surface area (Å²) in [5.74, 6) is 2.83. The molecule has 2 aromatic carbocycles. The topological polar surface area (TPSA) is 84.2 Å². The predicted molar refractivity (Wildman–Crippen MR) is 137 cm³/mol. The Labute approximate surface area is 208 Å². The van der Waals surface area contributed by atoms with Crippen LogP contribution in [0.3, 0.4) is 0 Å². The minimum atomic E-state index is -0.0700. The Morgan fingerprint density at radius 3 is 2.71 bits per heavy atom. The first-order valence-corrected chi connectivity index (χ1v) is 12.6. The monoisotopic (exact) mass is 488 g/mol. The number of hydrogen-bond acceptors (Lipinski definition) is 7. The van der Waals surface area contributed by atoms with Crippen molar-refractivity contribution in [2.45, 2.75) is 44.3 Å². The second-order valence-corrected chi connectivity index (χ2v) is 9.71. The van der Waals surface area contributed by atoms with Gasteiger partial charge in [-0.3, -0.25) is 9.69 Å². The molecule has 7 nitrogen and oxygen atoms in total. The highest BCUT2D eigenvalue weighted by molar-refractivity contribution is 7.98. The summed E-state index contributed by atoms with van der Waals surface area (Å²) in [7, 11) is 1.68. The normalized spacial score (nSPS) is 13.6. The van der Waals surface area contributed by atoms with Crippen molar-refractivity contribution >= 4 is 11.8 Å². The number of nitrogens with zero attached hydrogens (tertiary/aromatic N) is 3. The van der Waals surface area contributed by atoms with Gasteiger partial charge in [0, 0.05) is 42.9 Å². The first-order chi connectivity index (χ1) is 17.0. The van der Waals surface area contributed by atoms with E-state index in [1.807, 2.05) is 49.4 Å². The maximum Gasteiger partial charge on any atom is 0.256 e. The van der Waals surface area contributed by atoms with Crippen molar-refractivity contribution in [3.63, 3.8) is 0 Å². The maximum absolute atomic E-state index is 12.9. The number of fused-ring (bicyclic) bond motifs is 1. The lowest BCUT2D eigenvalue weighted by Crippen LogP contribution is -2.35. The van der Waals surface area contributed by atoms with Crippen LogP contribution >= 0.6 is 11.8 Å². The molecule has 0 aliphatic carbocycles. The van der Waals surface area contributed by atoms with Gasteiger partial charge in [-0.2, -0.15) is 0 Å². The van der Waals surface area contributed by atoms with Crippen LogP contribution in [0.2, 0.25) is 0 Å². The number of rotatable bonds is 7. The second-order valence-electron chi connectivity index (χ2n) is 8.75. The lowest BCUT2D eigenvalue weighted by molar-refractivity contribution is 0.237. The van der Waals surface area contributed by atoms with E-state index in [4.69, 9.17) is 14.1 Å². The maximum atomic E-state index is 12.9. The molecule has 35 heavy (non-hydrogen) atoms. The number of benzene rings is 2. The van der Waals surface area contributed by atoms with Crippen molar-refractivity contribution in [2.24, 2.45) is 0 Å². The third kappa shape index (κ3) is 5.18. The molecule has 0 unspecified atom stereocenters. The number of aromatic nitrogens is 3. The Morgan fingerprint density at radius 2 is 1.91 bits per heavy atom. The van der Waals surface area contributed by atoms with Gasteiger partial charge in [-0.1, -0.05) is 47.7 Å². The molecule has 3 heterocycles. The minimum Gasteiger partial charge on any atom is -0.496 e. The van der Waals surface area contributed by atoms with Crippen molar-refractivity contribution < 1.29 is 9.15 Å². The Hall–Kier alpha value is -3.36. The molecule has 4 aromatic rings. The Morgan fingerprint density at radius 1 is 1.11 bits per heavy atom. The van der Waals surface area contributed by atoms with Crippen molar-refractivity contribution in [2.75, 3.05) is 13.7 Å². The highest BCUT2D eigenvalue weighted by atomic mass is 32.2. The molecule has 0 bridgehead atoms. The SMILES string of the molecule is COc1ccccc1CN1CCc2nc(SCc3nc(-c4ccc(C)cc4)oc3C)[nH]c(=O)c2C1. The van der Waals surface area contributed by atoms with Gasteiger partial charge >= 0.3 is 0 Å². The fraction of sp³-hybridized carbons (Fsp3) is 0.296. The summed E-state index contributed by atoms with van der Waals surface area (Å²) in [4.78, 5) is 27.6. The first-order valence-electron chi connectivity index (χ1n) is 11.6. The molecule has 0 atom stereocenters.